The molecule has 0 bridgehead atoms. The zero-order chi connectivity index (χ0) is 12.4. The molecule has 90 valence electrons. The highest BCUT2D eigenvalue weighted by Crippen LogP contribution is 2.31. The van der Waals surface area contributed by atoms with Crippen molar-refractivity contribution in [3.05, 3.63) is 65.7 Å². The largest absolute Gasteiger partial charge is 0.372 e. The van der Waals surface area contributed by atoms with Gasteiger partial charge >= 0.3 is 0 Å². The van der Waals surface area contributed by atoms with E-state index in [0.29, 0.717) is 0 Å². The Morgan fingerprint density at radius 2 is 1.44 bits per heavy atom. The Labute approximate surface area is 107 Å². The quantitative estimate of drug-likeness (QED) is 0.832. The molecule has 18 heavy (non-hydrogen) atoms. The molecule has 1 aliphatic rings. The summed E-state index contributed by atoms with van der Waals surface area (Å²) >= 11 is 0. The van der Waals surface area contributed by atoms with E-state index in [-0.39, 0.29) is 0 Å². The van der Waals surface area contributed by atoms with Crippen LogP contribution in [0.2, 0.25) is 0 Å². The SMILES string of the molecule is O=CC1(Nc2ccccc2)Cc2ccccc2C1. The summed E-state index contributed by atoms with van der Waals surface area (Å²) in [5.74, 6) is 0. The standard InChI is InChI=1S/C16H15NO/c18-12-16(17-15-8-2-1-3-9-15)10-13-6-4-5-7-14(13)11-16/h1-9,12,17H,10-11H2. The zero-order valence-corrected chi connectivity index (χ0v) is 10.1. The highest BCUT2D eigenvalue weighted by Gasteiger charge is 2.36. The van der Waals surface area contributed by atoms with Crippen molar-refractivity contribution in [3.8, 4) is 0 Å². The lowest BCUT2D eigenvalue weighted by atomic mass is 9.97. The van der Waals surface area contributed by atoms with Crippen LogP contribution < -0.4 is 5.32 Å². The third kappa shape index (κ3) is 1.90. The molecular formula is C16H15NO. The molecule has 1 aliphatic carbocycles. The Bertz CT molecular complexity index is 537. The first kappa shape index (κ1) is 11.0. The predicted molar refractivity (Wildman–Crippen MR) is 72.7 cm³/mol. The van der Waals surface area contributed by atoms with Crippen molar-refractivity contribution in [2.24, 2.45) is 0 Å². The van der Waals surface area contributed by atoms with E-state index in [2.05, 4.69) is 17.4 Å². The minimum absolute atomic E-state index is 0.481. The van der Waals surface area contributed by atoms with Gasteiger partial charge in [-0.05, 0) is 23.3 Å². The Morgan fingerprint density at radius 3 is 2.00 bits per heavy atom. The number of hydrogen-bond donors (Lipinski definition) is 1. The topological polar surface area (TPSA) is 29.1 Å². The van der Waals surface area contributed by atoms with Gasteiger partial charge in [-0.3, -0.25) is 0 Å². The number of carbonyl (C=O) groups excluding carboxylic acids is 1. The van der Waals surface area contributed by atoms with Crippen LogP contribution in [0.15, 0.2) is 54.6 Å². The zero-order valence-electron chi connectivity index (χ0n) is 10.1. The van der Waals surface area contributed by atoms with Crippen LogP contribution in [0.4, 0.5) is 5.69 Å². The minimum atomic E-state index is -0.481. The first-order valence-corrected chi connectivity index (χ1v) is 6.18. The van der Waals surface area contributed by atoms with Crippen LogP contribution in [0.3, 0.4) is 0 Å². The summed E-state index contributed by atoms with van der Waals surface area (Å²) in [7, 11) is 0. The van der Waals surface area contributed by atoms with E-state index in [0.717, 1.165) is 24.8 Å². The first-order chi connectivity index (χ1) is 8.81. The molecule has 2 nitrogen and oxygen atoms in total. The molecule has 2 aromatic rings. The number of benzene rings is 2. The van der Waals surface area contributed by atoms with E-state index in [9.17, 15) is 4.79 Å². The summed E-state index contributed by atoms with van der Waals surface area (Å²) in [6, 6.07) is 18.2. The summed E-state index contributed by atoms with van der Waals surface area (Å²) in [4.78, 5) is 11.5. The first-order valence-electron chi connectivity index (χ1n) is 6.18. The van der Waals surface area contributed by atoms with Gasteiger partial charge in [0, 0.05) is 18.5 Å². The molecule has 0 fully saturated rings. The maximum Gasteiger partial charge on any atom is 0.146 e. The lowest BCUT2D eigenvalue weighted by Crippen LogP contribution is -2.40. The van der Waals surface area contributed by atoms with Crippen LogP contribution in [-0.2, 0) is 17.6 Å². The molecule has 3 rings (SSSR count). The summed E-state index contributed by atoms with van der Waals surface area (Å²) in [6.45, 7) is 0. The molecule has 0 aromatic heterocycles. The molecule has 0 heterocycles. The van der Waals surface area contributed by atoms with Gasteiger partial charge in [0.25, 0.3) is 0 Å². The second kappa shape index (κ2) is 4.30. The van der Waals surface area contributed by atoms with Gasteiger partial charge in [0.15, 0.2) is 0 Å². The predicted octanol–water partition coefficient (Wildman–Crippen LogP) is 2.84. The number of carbonyl (C=O) groups is 1. The maximum absolute atomic E-state index is 11.5. The number of fused-ring (bicyclic) bond motifs is 1. The number of aldehydes is 1. The van der Waals surface area contributed by atoms with Crippen molar-refractivity contribution in [1.82, 2.24) is 0 Å². The Kier molecular flexibility index (Phi) is 2.63. The molecule has 0 aliphatic heterocycles. The van der Waals surface area contributed by atoms with Gasteiger partial charge < -0.3 is 10.1 Å². The van der Waals surface area contributed by atoms with Crippen molar-refractivity contribution in [1.29, 1.82) is 0 Å². The van der Waals surface area contributed by atoms with Gasteiger partial charge in [0.1, 0.15) is 11.8 Å². The Balaban J connectivity index is 1.89. The van der Waals surface area contributed by atoms with Gasteiger partial charge in [-0.2, -0.15) is 0 Å². The van der Waals surface area contributed by atoms with E-state index in [1.165, 1.54) is 11.1 Å². The highest BCUT2D eigenvalue weighted by atomic mass is 16.1. The smallest absolute Gasteiger partial charge is 0.146 e. The Hall–Kier alpha value is -2.09. The molecule has 0 atom stereocenters. The second-order valence-corrected chi connectivity index (χ2v) is 4.89. The third-order valence-corrected chi connectivity index (χ3v) is 3.52. The normalized spacial score (nSPS) is 16.0. The fourth-order valence-electron chi connectivity index (χ4n) is 2.65. The van der Waals surface area contributed by atoms with Crippen LogP contribution in [0.25, 0.3) is 0 Å². The van der Waals surface area contributed by atoms with E-state index >= 15 is 0 Å². The molecule has 2 heteroatoms. The maximum atomic E-state index is 11.5. The van der Waals surface area contributed by atoms with Gasteiger partial charge in [0.2, 0.25) is 0 Å². The van der Waals surface area contributed by atoms with E-state index < -0.39 is 5.54 Å². The number of nitrogens with one attached hydrogen (secondary N) is 1. The van der Waals surface area contributed by atoms with Gasteiger partial charge in [-0.1, -0.05) is 42.5 Å². The van der Waals surface area contributed by atoms with Crippen molar-refractivity contribution in [2.75, 3.05) is 5.32 Å². The molecule has 0 saturated heterocycles. The van der Waals surface area contributed by atoms with Crippen LogP contribution >= 0.6 is 0 Å². The summed E-state index contributed by atoms with van der Waals surface area (Å²) in [6.07, 6.45) is 2.59. The van der Waals surface area contributed by atoms with Crippen LogP contribution in [0, 0.1) is 0 Å². The summed E-state index contributed by atoms with van der Waals surface area (Å²) in [5.41, 5.74) is 3.06. The van der Waals surface area contributed by atoms with Crippen molar-refractivity contribution >= 4 is 12.0 Å². The number of rotatable bonds is 3. The monoisotopic (exact) mass is 237 g/mol. The molecule has 0 amide bonds. The second-order valence-electron chi connectivity index (χ2n) is 4.89. The number of para-hydroxylation sites is 1. The third-order valence-electron chi connectivity index (χ3n) is 3.52. The highest BCUT2D eigenvalue weighted by molar-refractivity contribution is 5.74. The fourth-order valence-corrected chi connectivity index (χ4v) is 2.65. The lowest BCUT2D eigenvalue weighted by Gasteiger charge is -2.25. The van der Waals surface area contributed by atoms with E-state index in [1.54, 1.807) is 0 Å². The van der Waals surface area contributed by atoms with Crippen molar-refractivity contribution in [3.63, 3.8) is 0 Å². The summed E-state index contributed by atoms with van der Waals surface area (Å²) in [5, 5.41) is 3.38. The Morgan fingerprint density at radius 1 is 0.889 bits per heavy atom. The van der Waals surface area contributed by atoms with Crippen LogP contribution in [-0.4, -0.2) is 11.8 Å². The van der Waals surface area contributed by atoms with E-state index in [4.69, 9.17) is 0 Å². The van der Waals surface area contributed by atoms with Crippen LogP contribution in [0.5, 0.6) is 0 Å². The lowest BCUT2D eigenvalue weighted by molar-refractivity contribution is -0.111. The molecule has 2 aromatic carbocycles. The van der Waals surface area contributed by atoms with Gasteiger partial charge in [-0.25, -0.2) is 0 Å². The molecule has 0 saturated carbocycles. The average Bonchev–Trinajstić information content (AvgIpc) is 2.78. The van der Waals surface area contributed by atoms with Crippen LogP contribution in [0.1, 0.15) is 11.1 Å². The molecule has 0 radical (unpaired) electrons. The van der Waals surface area contributed by atoms with Crippen molar-refractivity contribution < 1.29 is 4.79 Å². The van der Waals surface area contributed by atoms with Gasteiger partial charge in [-0.15, -0.1) is 0 Å². The molecule has 1 N–H and O–H groups in total. The molecule has 0 spiro atoms. The minimum Gasteiger partial charge on any atom is -0.372 e. The van der Waals surface area contributed by atoms with E-state index in [1.807, 2.05) is 42.5 Å². The number of anilines is 1. The molecular weight excluding hydrogens is 222 g/mol. The molecule has 0 unspecified atom stereocenters. The van der Waals surface area contributed by atoms with Crippen molar-refractivity contribution in [2.45, 2.75) is 18.4 Å². The summed E-state index contributed by atoms with van der Waals surface area (Å²) < 4.78 is 0. The number of hydrogen-bond acceptors (Lipinski definition) is 2. The average molecular weight is 237 g/mol. The van der Waals surface area contributed by atoms with Gasteiger partial charge in [0.05, 0.1) is 0 Å². The fraction of sp³-hybridized carbons (Fsp3) is 0.188.